The average Bonchev–Trinajstić information content (AvgIpc) is 3.73. The Kier molecular flexibility index (Phi) is 9.75. The molecule has 0 aromatic carbocycles. The molecule has 8 nitrogen and oxygen atoms in total. The molecular weight excluding hydrogens is 611 g/mol. The minimum Gasteiger partial charge on any atom is -0.286 e. The molecule has 0 aromatic rings. The molecule has 0 aromatic heterocycles. The summed E-state index contributed by atoms with van der Waals surface area (Å²) in [6.07, 6.45) is 25.6. The van der Waals surface area contributed by atoms with Gasteiger partial charge in [-0.3, -0.25) is 42.5 Å². The van der Waals surface area contributed by atoms with Gasteiger partial charge in [0.1, 0.15) is 0 Å². The summed E-state index contributed by atoms with van der Waals surface area (Å²) < 4.78 is 0. The topological polar surface area (TPSA) is 96.2 Å². The molecule has 0 amide bonds. The number of hydrogen-bond acceptors (Lipinski definition) is 8. The van der Waals surface area contributed by atoms with Gasteiger partial charge < -0.3 is 0 Å². The second-order valence-corrected chi connectivity index (χ2v) is 15.6. The van der Waals surface area contributed by atoms with E-state index in [1.807, 2.05) is 0 Å². The van der Waals surface area contributed by atoms with E-state index in [1.54, 1.807) is 0 Å². The van der Waals surface area contributed by atoms with Gasteiger partial charge >= 0.3 is 0 Å². The maximum Gasteiger partial charge on any atom is 0.0628 e. The van der Waals surface area contributed by atoms with Gasteiger partial charge in [0.2, 0.25) is 0 Å². The second-order valence-electron chi connectivity index (χ2n) is 15.6. The summed E-state index contributed by atoms with van der Waals surface area (Å²) in [6.45, 7) is 0. The zero-order valence-electron chi connectivity index (χ0n) is 25.2. The predicted molar refractivity (Wildman–Crippen MR) is 157 cm³/mol. The van der Waals surface area contributed by atoms with E-state index in [1.165, 1.54) is 103 Å². The Morgan fingerprint density at radius 2 is 0.357 bits per heavy atom. The first-order valence-corrected chi connectivity index (χ1v) is 17.9. The number of nitrogens with one attached hydrogen (secondary N) is 8. The number of rotatable bonds is 0. The third-order valence-corrected chi connectivity index (χ3v) is 13.8. The van der Waals surface area contributed by atoms with E-state index in [0.29, 0.717) is 49.3 Å². The van der Waals surface area contributed by atoms with E-state index in [9.17, 15) is 0 Å². The fourth-order valence-electron chi connectivity index (χ4n) is 12.0. The molecule has 4 aliphatic carbocycles. The van der Waals surface area contributed by atoms with Gasteiger partial charge in [0.25, 0.3) is 0 Å². The molecule has 9 rings (SSSR count). The molecule has 241 valence electrons. The molecule has 5 saturated heterocycles. The number of hydrogen-bond donors (Lipinski definition) is 8. The van der Waals surface area contributed by atoms with Crippen LogP contribution in [0.3, 0.4) is 0 Å². The normalized spacial score (nSPS) is 54.9. The van der Waals surface area contributed by atoms with Crippen LogP contribution in [0.25, 0.3) is 0 Å². The summed E-state index contributed by atoms with van der Waals surface area (Å²) in [7, 11) is 0. The Balaban J connectivity index is 0.00000144. The third-order valence-electron chi connectivity index (χ3n) is 13.8. The SMILES string of the molecule is C1CCC2C3NC(NC4NC(NC5NC(NC6NC(N3)C3CCCCC63)C3CCCCC53)C3CCCCC43)C2C1.[Co].[Fe]. The summed E-state index contributed by atoms with van der Waals surface area (Å²) >= 11 is 0. The van der Waals surface area contributed by atoms with E-state index in [-0.39, 0.29) is 33.8 Å². The van der Waals surface area contributed by atoms with Crippen LogP contribution in [0.4, 0.5) is 0 Å². The van der Waals surface area contributed by atoms with E-state index in [4.69, 9.17) is 0 Å². The Bertz CT molecular complexity index is 723. The van der Waals surface area contributed by atoms with Crippen molar-refractivity contribution in [3.8, 4) is 0 Å². The van der Waals surface area contributed by atoms with Crippen molar-refractivity contribution in [2.45, 2.75) is 152 Å². The minimum absolute atomic E-state index is 0. The van der Waals surface area contributed by atoms with Gasteiger partial charge in [0.05, 0.1) is 49.3 Å². The van der Waals surface area contributed by atoms with Crippen LogP contribution in [0.15, 0.2) is 0 Å². The molecule has 8 bridgehead atoms. The van der Waals surface area contributed by atoms with Crippen molar-refractivity contribution < 1.29 is 33.8 Å². The van der Waals surface area contributed by atoms with Crippen LogP contribution in [-0.4, -0.2) is 49.3 Å². The molecule has 8 atom stereocenters. The van der Waals surface area contributed by atoms with Gasteiger partial charge in [-0.2, -0.15) is 0 Å². The van der Waals surface area contributed by atoms with E-state index in [2.05, 4.69) is 42.5 Å². The zero-order valence-corrected chi connectivity index (χ0v) is 27.4. The maximum absolute atomic E-state index is 4.26. The van der Waals surface area contributed by atoms with E-state index >= 15 is 0 Å². The van der Waals surface area contributed by atoms with E-state index < -0.39 is 0 Å². The summed E-state index contributed by atoms with van der Waals surface area (Å²) in [5, 5.41) is 33.8. The summed E-state index contributed by atoms with van der Waals surface area (Å²) in [5.41, 5.74) is 0. The molecule has 5 aliphatic heterocycles. The fourth-order valence-corrected chi connectivity index (χ4v) is 12.0. The van der Waals surface area contributed by atoms with Crippen LogP contribution in [0, 0.1) is 47.3 Å². The molecule has 9 aliphatic rings. The molecule has 10 heteroatoms. The van der Waals surface area contributed by atoms with Gasteiger partial charge in [0, 0.05) is 33.8 Å². The summed E-state index contributed by atoms with van der Waals surface area (Å²) in [5.74, 6) is 5.97. The fraction of sp³-hybridized carbons (Fsp3) is 1.00. The first-order chi connectivity index (χ1) is 19.8. The van der Waals surface area contributed by atoms with Gasteiger partial charge in [-0.15, -0.1) is 0 Å². The van der Waals surface area contributed by atoms with Crippen LogP contribution in [-0.2, 0) is 33.8 Å². The largest absolute Gasteiger partial charge is 0.286 e. The molecule has 1 radical (unpaired) electrons. The molecular formula is C32H56CoFeN8. The standard InChI is InChI=1S/C32H56N8.Co.Fe/c1-2-10-18-17(9-1)25-33-26(18)38-28-21-13-5-6-14-22(21)30(35-28)40-32-24-16-8-7-15-23(24)31(36-32)39-29-20-12-4-3-11-19(20)27(34-29)37-25;;/h17-40H,1-16H2;;. The second kappa shape index (κ2) is 13.1. The van der Waals surface area contributed by atoms with Crippen LogP contribution in [0.1, 0.15) is 103 Å². The molecule has 5 heterocycles. The van der Waals surface area contributed by atoms with Crippen molar-refractivity contribution >= 4 is 0 Å². The molecule has 9 fully saturated rings. The van der Waals surface area contributed by atoms with Gasteiger partial charge in [-0.05, 0) is 98.7 Å². The van der Waals surface area contributed by atoms with Crippen molar-refractivity contribution in [3.63, 3.8) is 0 Å². The van der Waals surface area contributed by atoms with Crippen LogP contribution >= 0.6 is 0 Å². The van der Waals surface area contributed by atoms with Crippen molar-refractivity contribution in [3.05, 3.63) is 0 Å². The molecule has 0 spiro atoms. The first kappa shape index (κ1) is 31.3. The van der Waals surface area contributed by atoms with Gasteiger partial charge in [-0.1, -0.05) is 51.4 Å². The molecule has 42 heavy (non-hydrogen) atoms. The number of fused-ring (bicyclic) bond motifs is 20. The van der Waals surface area contributed by atoms with Crippen molar-refractivity contribution in [1.29, 1.82) is 0 Å². The van der Waals surface area contributed by atoms with Crippen molar-refractivity contribution in [1.82, 2.24) is 42.5 Å². The summed E-state index contributed by atoms with van der Waals surface area (Å²) in [4.78, 5) is 0. The van der Waals surface area contributed by atoms with E-state index in [0.717, 1.165) is 47.3 Å². The average molecular weight is 668 g/mol. The minimum atomic E-state index is 0. The first-order valence-electron chi connectivity index (χ1n) is 17.9. The van der Waals surface area contributed by atoms with Crippen molar-refractivity contribution in [2.24, 2.45) is 47.3 Å². The maximum atomic E-state index is 4.26. The van der Waals surface area contributed by atoms with Crippen LogP contribution < -0.4 is 42.5 Å². The Morgan fingerprint density at radius 1 is 0.238 bits per heavy atom. The molecule has 8 unspecified atom stereocenters. The van der Waals surface area contributed by atoms with Gasteiger partial charge in [0.15, 0.2) is 0 Å². The summed E-state index contributed by atoms with van der Waals surface area (Å²) in [6, 6.07) is 0. The zero-order chi connectivity index (χ0) is 26.2. The molecule has 8 N–H and O–H groups in total. The Morgan fingerprint density at radius 3 is 0.476 bits per heavy atom. The van der Waals surface area contributed by atoms with Crippen molar-refractivity contribution in [2.75, 3.05) is 0 Å². The Hall–Kier alpha value is 0.706. The Labute approximate surface area is 274 Å². The smallest absolute Gasteiger partial charge is 0.0628 e. The molecule has 4 saturated carbocycles. The predicted octanol–water partition coefficient (Wildman–Crippen LogP) is 2.60. The monoisotopic (exact) mass is 667 g/mol. The quantitative estimate of drug-likeness (QED) is 0.187. The third kappa shape index (κ3) is 5.43. The van der Waals surface area contributed by atoms with Gasteiger partial charge in [-0.25, -0.2) is 0 Å². The van der Waals surface area contributed by atoms with Crippen LogP contribution in [0.5, 0.6) is 0 Å². The van der Waals surface area contributed by atoms with Crippen LogP contribution in [0.2, 0.25) is 0 Å².